The molecule has 0 radical (unpaired) electrons. The number of hydrogen-bond acceptors (Lipinski definition) is 1. The van der Waals surface area contributed by atoms with Crippen molar-refractivity contribution < 1.29 is 0 Å². The molecular formula is C13H22S. The lowest BCUT2D eigenvalue weighted by atomic mass is 9.66. The maximum atomic E-state index is 2.44. The molecule has 1 aliphatic heterocycles. The quantitative estimate of drug-likeness (QED) is 0.568. The first kappa shape index (κ1) is 10.6. The molecule has 0 saturated heterocycles. The summed E-state index contributed by atoms with van der Waals surface area (Å²) in [6.07, 6.45) is 1.41. The number of hydrogen-bond donors (Lipinski definition) is 0. The van der Waals surface area contributed by atoms with E-state index in [0.29, 0.717) is 16.2 Å². The summed E-state index contributed by atoms with van der Waals surface area (Å²) < 4.78 is 0. The molecule has 0 bridgehead atoms. The van der Waals surface area contributed by atoms with Crippen molar-refractivity contribution in [3.05, 3.63) is 11.0 Å². The molecule has 2 rings (SSSR count). The maximum Gasteiger partial charge on any atom is 0.0197 e. The molecule has 14 heavy (non-hydrogen) atoms. The fourth-order valence-corrected chi connectivity index (χ4v) is 4.91. The smallest absolute Gasteiger partial charge is 0.0197 e. The van der Waals surface area contributed by atoms with Gasteiger partial charge in [-0.3, -0.25) is 0 Å². The van der Waals surface area contributed by atoms with Gasteiger partial charge in [0, 0.05) is 10.7 Å². The number of rotatable bonds is 0. The summed E-state index contributed by atoms with van der Waals surface area (Å²) in [7, 11) is 0. The fraction of sp³-hybridized carbons (Fsp3) is 0.846. The van der Waals surface area contributed by atoms with Crippen molar-refractivity contribution in [3.8, 4) is 0 Å². The van der Waals surface area contributed by atoms with Crippen molar-refractivity contribution in [2.24, 2.45) is 16.2 Å². The lowest BCUT2D eigenvalue weighted by Gasteiger charge is -2.38. The Labute approximate surface area is 92.5 Å². The Balaban J connectivity index is 2.37. The van der Waals surface area contributed by atoms with Crippen molar-refractivity contribution in [2.75, 3.05) is 0 Å². The summed E-state index contributed by atoms with van der Waals surface area (Å²) in [5.41, 5.74) is 3.01. The van der Waals surface area contributed by atoms with E-state index in [1.165, 1.54) is 6.42 Å². The van der Waals surface area contributed by atoms with Gasteiger partial charge in [-0.2, -0.15) is 0 Å². The molecule has 1 aliphatic carbocycles. The van der Waals surface area contributed by atoms with E-state index in [1.54, 1.807) is 5.57 Å². The molecule has 1 fully saturated rings. The highest BCUT2D eigenvalue weighted by Gasteiger charge is 2.67. The van der Waals surface area contributed by atoms with E-state index >= 15 is 0 Å². The highest BCUT2D eigenvalue weighted by atomic mass is 32.2. The van der Waals surface area contributed by atoms with Crippen LogP contribution < -0.4 is 0 Å². The summed E-state index contributed by atoms with van der Waals surface area (Å²) >= 11 is 2.07. The first-order chi connectivity index (χ1) is 6.19. The Hall–Kier alpha value is 0.0900. The van der Waals surface area contributed by atoms with Gasteiger partial charge in [0.15, 0.2) is 0 Å². The minimum atomic E-state index is 0.353. The van der Waals surface area contributed by atoms with Crippen LogP contribution in [0.4, 0.5) is 0 Å². The monoisotopic (exact) mass is 210 g/mol. The van der Waals surface area contributed by atoms with Crippen LogP contribution in [0.3, 0.4) is 0 Å². The van der Waals surface area contributed by atoms with Gasteiger partial charge in [-0.15, -0.1) is 11.8 Å². The predicted molar refractivity (Wildman–Crippen MR) is 65.4 cm³/mol. The van der Waals surface area contributed by atoms with Crippen LogP contribution in [-0.2, 0) is 0 Å². The highest BCUT2D eigenvalue weighted by molar-refractivity contribution is 8.03. The number of fused-ring (bicyclic) bond motifs is 1. The van der Waals surface area contributed by atoms with Crippen molar-refractivity contribution >= 4 is 11.8 Å². The van der Waals surface area contributed by atoms with Crippen LogP contribution in [0.5, 0.6) is 0 Å². The van der Waals surface area contributed by atoms with Crippen LogP contribution in [0.15, 0.2) is 11.0 Å². The molecule has 0 aromatic carbocycles. The molecular weight excluding hydrogens is 188 g/mol. The fourth-order valence-electron chi connectivity index (χ4n) is 2.98. The van der Waals surface area contributed by atoms with Crippen LogP contribution in [0.1, 0.15) is 48.0 Å². The van der Waals surface area contributed by atoms with Gasteiger partial charge < -0.3 is 0 Å². The third kappa shape index (κ3) is 1.21. The second kappa shape index (κ2) is 2.61. The minimum Gasteiger partial charge on any atom is -0.130 e. The van der Waals surface area contributed by atoms with Crippen LogP contribution in [-0.4, -0.2) is 5.25 Å². The second-order valence-electron chi connectivity index (χ2n) is 6.83. The van der Waals surface area contributed by atoms with Gasteiger partial charge in [-0.1, -0.05) is 47.1 Å². The summed E-state index contributed by atoms with van der Waals surface area (Å²) in [6, 6.07) is 0. The average Bonchev–Trinajstić information content (AvgIpc) is 2.54. The Morgan fingerprint density at radius 1 is 1.21 bits per heavy atom. The molecule has 0 N–H and O–H groups in total. The third-order valence-electron chi connectivity index (χ3n) is 3.87. The molecule has 2 atom stereocenters. The Kier molecular flexibility index (Phi) is 1.97. The van der Waals surface area contributed by atoms with Crippen molar-refractivity contribution in [2.45, 2.75) is 53.2 Å². The molecule has 0 aromatic heterocycles. The van der Waals surface area contributed by atoms with Crippen LogP contribution in [0.25, 0.3) is 0 Å². The summed E-state index contributed by atoms with van der Waals surface area (Å²) in [5, 5.41) is 3.33. The molecule has 80 valence electrons. The van der Waals surface area contributed by atoms with Gasteiger partial charge in [0.2, 0.25) is 0 Å². The van der Waals surface area contributed by atoms with E-state index in [2.05, 4.69) is 58.7 Å². The molecule has 1 saturated carbocycles. The maximum absolute atomic E-state index is 2.44. The third-order valence-corrected chi connectivity index (χ3v) is 5.14. The zero-order valence-corrected chi connectivity index (χ0v) is 11.1. The first-order valence-electron chi connectivity index (χ1n) is 5.56. The lowest BCUT2D eigenvalue weighted by molar-refractivity contribution is 0.225. The van der Waals surface area contributed by atoms with Gasteiger partial charge >= 0.3 is 0 Å². The largest absolute Gasteiger partial charge is 0.130 e. The van der Waals surface area contributed by atoms with Crippen LogP contribution in [0, 0.1) is 16.2 Å². The molecule has 0 amide bonds. The summed E-state index contributed by atoms with van der Waals surface area (Å²) in [4.78, 5) is 0. The molecule has 0 aromatic rings. The van der Waals surface area contributed by atoms with Crippen LogP contribution in [0.2, 0.25) is 0 Å². The molecule has 2 aliphatic rings. The summed E-state index contributed by atoms with van der Waals surface area (Å²) in [6.45, 7) is 14.3. The SMILES string of the molecule is CC(C)(C)C1=CS[C@H]2C[C@@]12C(C)(C)C. The van der Waals surface area contributed by atoms with E-state index in [1.807, 2.05) is 0 Å². The van der Waals surface area contributed by atoms with Crippen molar-refractivity contribution in [3.63, 3.8) is 0 Å². The highest BCUT2D eigenvalue weighted by Crippen LogP contribution is 2.74. The van der Waals surface area contributed by atoms with Gasteiger partial charge in [-0.25, -0.2) is 0 Å². The summed E-state index contributed by atoms with van der Waals surface area (Å²) in [5.74, 6) is 0. The Morgan fingerprint density at radius 3 is 2.07 bits per heavy atom. The van der Waals surface area contributed by atoms with Gasteiger partial charge in [-0.05, 0) is 22.7 Å². The van der Waals surface area contributed by atoms with Crippen molar-refractivity contribution in [1.82, 2.24) is 0 Å². The standard InChI is InChI=1S/C13H22S/c1-11(2,3)9-8-14-10-7-13(9,10)12(4,5)6/h8,10H,7H2,1-6H3/t10-,13+/m0/s1. The normalized spacial score (nSPS) is 36.7. The zero-order chi connectivity index (χ0) is 10.8. The Morgan fingerprint density at radius 2 is 1.79 bits per heavy atom. The predicted octanol–water partition coefficient (Wildman–Crippen LogP) is 4.47. The van der Waals surface area contributed by atoms with Gasteiger partial charge in [0.1, 0.15) is 0 Å². The molecule has 0 unspecified atom stereocenters. The average molecular weight is 210 g/mol. The van der Waals surface area contributed by atoms with E-state index < -0.39 is 0 Å². The van der Waals surface area contributed by atoms with E-state index in [4.69, 9.17) is 0 Å². The zero-order valence-electron chi connectivity index (χ0n) is 10.3. The molecule has 1 heteroatoms. The minimum absolute atomic E-state index is 0.353. The number of allylic oxidation sites excluding steroid dienone is 1. The first-order valence-corrected chi connectivity index (χ1v) is 6.50. The lowest BCUT2D eigenvalue weighted by Crippen LogP contribution is -2.30. The van der Waals surface area contributed by atoms with E-state index in [-0.39, 0.29) is 0 Å². The van der Waals surface area contributed by atoms with Crippen LogP contribution >= 0.6 is 11.8 Å². The van der Waals surface area contributed by atoms with Gasteiger partial charge in [0.25, 0.3) is 0 Å². The Bertz CT molecular complexity index is 287. The second-order valence-corrected chi connectivity index (χ2v) is 7.91. The number of thioether (sulfide) groups is 1. The van der Waals surface area contributed by atoms with Gasteiger partial charge in [0.05, 0.1) is 0 Å². The molecule has 0 nitrogen and oxygen atoms in total. The van der Waals surface area contributed by atoms with Crippen molar-refractivity contribution in [1.29, 1.82) is 0 Å². The van der Waals surface area contributed by atoms with E-state index in [0.717, 1.165) is 5.25 Å². The topological polar surface area (TPSA) is 0 Å². The van der Waals surface area contributed by atoms with E-state index in [9.17, 15) is 0 Å². The molecule has 1 heterocycles. The molecule has 0 spiro atoms.